The molecule has 158 valence electrons. The van der Waals surface area contributed by atoms with Crippen LogP contribution in [-0.4, -0.2) is 37.0 Å². The standard InChI is InChI=1S/C21H20ClN7O2/c1-12-7-16-10-21(9-12,19-27-26-13(2)31-19)28(16)20(30)25-14-3-4-17(22)18(8-14)29-15(11-23)5-6-24-29/h3-6,8,12,16H,7,9-10H2,1-2H3,(H,25,30)/t12-,16-,21+/m1/s1. The number of urea groups is 1. The molecule has 2 aliphatic rings. The molecule has 1 N–H and O–H groups in total. The first-order valence-corrected chi connectivity index (χ1v) is 10.4. The number of aryl methyl sites for hydroxylation is 1. The van der Waals surface area contributed by atoms with Crippen molar-refractivity contribution in [1.29, 1.82) is 5.26 Å². The summed E-state index contributed by atoms with van der Waals surface area (Å²) in [6.45, 7) is 3.93. The summed E-state index contributed by atoms with van der Waals surface area (Å²) in [6.07, 6.45) is 4.06. The average Bonchev–Trinajstić information content (AvgIpc) is 3.37. The molecule has 0 radical (unpaired) electrons. The van der Waals surface area contributed by atoms with Crippen LogP contribution in [0, 0.1) is 24.2 Å². The first kappa shape index (κ1) is 19.6. The van der Waals surface area contributed by atoms with Crippen molar-refractivity contribution in [3.8, 4) is 11.8 Å². The molecule has 2 aromatic heterocycles. The van der Waals surface area contributed by atoms with Gasteiger partial charge in [0.25, 0.3) is 0 Å². The van der Waals surface area contributed by atoms with Crippen LogP contribution in [0.1, 0.15) is 43.7 Å². The molecule has 3 heterocycles. The third kappa shape index (κ3) is 3.06. The Labute approximate surface area is 183 Å². The smallest absolute Gasteiger partial charge is 0.323 e. The Kier molecular flexibility index (Phi) is 4.48. The highest BCUT2D eigenvalue weighted by Gasteiger charge is 2.62. The van der Waals surface area contributed by atoms with Gasteiger partial charge in [-0.1, -0.05) is 18.5 Å². The molecule has 0 unspecified atom stereocenters. The van der Waals surface area contributed by atoms with Crippen LogP contribution in [-0.2, 0) is 5.54 Å². The summed E-state index contributed by atoms with van der Waals surface area (Å²) in [4.78, 5) is 15.2. The van der Waals surface area contributed by atoms with E-state index in [4.69, 9.17) is 16.0 Å². The molecule has 2 amide bonds. The molecule has 0 spiro atoms. The molecule has 1 aliphatic carbocycles. The quantitative estimate of drug-likeness (QED) is 0.662. The van der Waals surface area contributed by atoms with E-state index in [0.29, 0.717) is 39.8 Å². The largest absolute Gasteiger partial charge is 0.423 e. The van der Waals surface area contributed by atoms with E-state index < -0.39 is 5.54 Å². The number of piperidine rings is 1. The van der Waals surface area contributed by atoms with Crippen LogP contribution < -0.4 is 5.32 Å². The highest BCUT2D eigenvalue weighted by Crippen LogP contribution is 2.55. The molecular weight excluding hydrogens is 418 g/mol. The lowest BCUT2D eigenvalue weighted by Crippen LogP contribution is -2.70. The number of carbonyl (C=O) groups excluding carboxylic acids is 1. The average molecular weight is 438 g/mol. The van der Waals surface area contributed by atoms with Gasteiger partial charge < -0.3 is 14.6 Å². The minimum Gasteiger partial charge on any atom is -0.423 e. The molecule has 9 nitrogen and oxygen atoms in total. The molecule has 2 bridgehead atoms. The zero-order chi connectivity index (χ0) is 21.8. The topological polar surface area (TPSA) is 113 Å². The summed E-state index contributed by atoms with van der Waals surface area (Å²) < 4.78 is 7.19. The zero-order valence-corrected chi connectivity index (χ0v) is 17.8. The molecule has 2 fully saturated rings. The van der Waals surface area contributed by atoms with Crippen LogP contribution >= 0.6 is 11.6 Å². The van der Waals surface area contributed by atoms with Crippen molar-refractivity contribution in [2.75, 3.05) is 5.32 Å². The molecule has 5 rings (SSSR count). The van der Waals surface area contributed by atoms with Gasteiger partial charge in [0.2, 0.25) is 11.8 Å². The van der Waals surface area contributed by atoms with E-state index in [1.165, 1.54) is 10.9 Å². The van der Waals surface area contributed by atoms with Gasteiger partial charge in [0.15, 0.2) is 0 Å². The predicted molar refractivity (Wildman–Crippen MR) is 112 cm³/mol. The zero-order valence-electron chi connectivity index (χ0n) is 17.0. The van der Waals surface area contributed by atoms with Crippen molar-refractivity contribution in [3.63, 3.8) is 0 Å². The fraction of sp³-hybridized carbons (Fsp3) is 0.381. The molecule has 1 saturated carbocycles. The van der Waals surface area contributed by atoms with Crippen molar-refractivity contribution in [3.05, 3.63) is 53.0 Å². The number of hydrogen-bond acceptors (Lipinski definition) is 6. The Morgan fingerprint density at radius 1 is 1.35 bits per heavy atom. The second kappa shape index (κ2) is 7.10. The first-order chi connectivity index (χ1) is 14.9. The molecule has 10 heteroatoms. The molecular formula is C21H20ClN7O2. The molecule has 1 aliphatic heterocycles. The van der Waals surface area contributed by atoms with E-state index in [9.17, 15) is 10.1 Å². The number of fused-ring (bicyclic) bond motifs is 2. The maximum atomic E-state index is 13.3. The summed E-state index contributed by atoms with van der Waals surface area (Å²) in [7, 11) is 0. The predicted octanol–water partition coefficient (Wildman–Crippen LogP) is 4.02. The van der Waals surface area contributed by atoms with Gasteiger partial charge in [-0.05, 0) is 43.0 Å². The maximum Gasteiger partial charge on any atom is 0.323 e. The van der Waals surface area contributed by atoms with Gasteiger partial charge in [0.1, 0.15) is 17.3 Å². The number of likely N-dealkylation sites (tertiary alicyclic amines) is 1. The van der Waals surface area contributed by atoms with Crippen LogP contribution in [0.5, 0.6) is 0 Å². The van der Waals surface area contributed by atoms with Crippen molar-refractivity contribution < 1.29 is 9.21 Å². The number of nitrogens with zero attached hydrogens (tertiary/aromatic N) is 6. The number of hydrogen-bond donors (Lipinski definition) is 1. The Bertz CT molecular complexity index is 1210. The Morgan fingerprint density at radius 3 is 2.94 bits per heavy atom. The lowest BCUT2D eigenvalue weighted by Gasteiger charge is -2.61. The number of rotatable bonds is 3. The summed E-state index contributed by atoms with van der Waals surface area (Å²) in [5.41, 5.74) is 0.848. The number of carbonyl (C=O) groups is 1. The Morgan fingerprint density at radius 2 is 2.19 bits per heavy atom. The lowest BCUT2D eigenvalue weighted by molar-refractivity contribution is -0.110. The highest BCUT2D eigenvalue weighted by molar-refractivity contribution is 6.32. The number of anilines is 1. The normalized spacial score (nSPS) is 24.4. The molecule has 1 saturated heterocycles. The van der Waals surface area contributed by atoms with Crippen LogP contribution in [0.4, 0.5) is 10.5 Å². The third-order valence-electron chi connectivity index (χ3n) is 6.09. The molecule has 3 aromatic rings. The monoisotopic (exact) mass is 437 g/mol. The Balaban J connectivity index is 1.44. The van der Waals surface area contributed by atoms with E-state index >= 15 is 0 Å². The third-order valence-corrected chi connectivity index (χ3v) is 6.41. The number of amides is 2. The number of benzene rings is 1. The van der Waals surface area contributed by atoms with Crippen LogP contribution in [0.15, 0.2) is 34.9 Å². The number of nitrogens with one attached hydrogen (secondary N) is 1. The summed E-state index contributed by atoms with van der Waals surface area (Å²) in [5.74, 6) is 1.44. The summed E-state index contributed by atoms with van der Waals surface area (Å²) in [5, 5.41) is 25.1. The SMILES string of the molecule is Cc1nnc([C@]23C[C@H](C)C[C@H](C2)N3C(=O)Nc2ccc(Cl)c(-n3nccc3C#N)c2)o1. The van der Waals surface area contributed by atoms with Crippen molar-refractivity contribution in [2.45, 2.75) is 44.7 Å². The van der Waals surface area contributed by atoms with Gasteiger partial charge in [0.05, 0.1) is 16.9 Å². The van der Waals surface area contributed by atoms with Crippen molar-refractivity contribution >= 4 is 23.3 Å². The van der Waals surface area contributed by atoms with Gasteiger partial charge in [0, 0.05) is 25.1 Å². The second-order valence-corrected chi connectivity index (χ2v) is 8.67. The number of halogens is 1. The van der Waals surface area contributed by atoms with E-state index in [0.717, 1.165) is 19.3 Å². The fourth-order valence-corrected chi connectivity index (χ4v) is 5.15. The van der Waals surface area contributed by atoms with E-state index in [-0.39, 0.29) is 12.1 Å². The minimum absolute atomic E-state index is 0.124. The van der Waals surface area contributed by atoms with Gasteiger partial charge in [-0.2, -0.15) is 10.4 Å². The van der Waals surface area contributed by atoms with Gasteiger partial charge in [-0.3, -0.25) is 0 Å². The minimum atomic E-state index is -0.571. The van der Waals surface area contributed by atoms with E-state index in [1.807, 2.05) is 4.90 Å². The van der Waals surface area contributed by atoms with Gasteiger partial charge in [-0.15, -0.1) is 10.2 Å². The van der Waals surface area contributed by atoms with Crippen molar-refractivity contribution in [2.24, 2.45) is 5.92 Å². The second-order valence-electron chi connectivity index (χ2n) is 8.27. The molecule has 1 aromatic carbocycles. The van der Waals surface area contributed by atoms with Crippen LogP contribution in [0.3, 0.4) is 0 Å². The van der Waals surface area contributed by atoms with Crippen LogP contribution in [0.2, 0.25) is 5.02 Å². The maximum absolute atomic E-state index is 13.3. The van der Waals surface area contributed by atoms with E-state index in [1.54, 1.807) is 31.2 Å². The number of nitriles is 1. The Hall–Kier alpha value is -3.38. The van der Waals surface area contributed by atoms with Gasteiger partial charge in [-0.25, -0.2) is 9.48 Å². The van der Waals surface area contributed by atoms with Gasteiger partial charge >= 0.3 is 6.03 Å². The molecule has 31 heavy (non-hydrogen) atoms. The first-order valence-electron chi connectivity index (χ1n) is 10.1. The lowest BCUT2D eigenvalue weighted by atomic mass is 9.64. The van der Waals surface area contributed by atoms with Crippen molar-refractivity contribution in [1.82, 2.24) is 24.9 Å². The highest BCUT2D eigenvalue weighted by atomic mass is 35.5. The fourth-order valence-electron chi connectivity index (χ4n) is 4.95. The summed E-state index contributed by atoms with van der Waals surface area (Å²) in [6, 6.07) is 8.67. The molecule has 3 atom stereocenters. The number of aromatic nitrogens is 4. The summed E-state index contributed by atoms with van der Waals surface area (Å²) >= 11 is 6.33. The van der Waals surface area contributed by atoms with E-state index in [2.05, 4.69) is 33.6 Å². The van der Waals surface area contributed by atoms with Crippen LogP contribution in [0.25, 0.3) is 5.69 Å².